The van der Waals surface area contributed by atoms with Gasteiger partial charge in [-0.1, -0.05) is 18.2 Å². The van der Waals surface area contributed by atoms with Crippen molar-refractivity contribution in [2.45, 2.75) is 26.8 Å². The highest BCUT2D eigenvalue weighted by molar-refractivity contribution is 5.73. The first-order chi connectivity index (χ1) is 13.2. The van der Waals surface area contributed by atoms with Crippen LogP contribution in [0.25, 0.3) is 0 Å². The van der Waals surface area contributed by atoms with Gasteiger partial charge in [-0.05, 0) is 55.7 Å². The number of benzene rings is 2. The van der Waals surface area contributed by atoms with E-state index >= 15 is 0 Å². The van der Waals surface area contributed by atoms with E-state index in [1.54, 1.807) is 7.11 Å². The van der Waals surface area contributed by atoms with Gasteiger partial charge in [0.25, 0.3) is 0 Å². The van der Waals surface area contributed by atoms with E-state index in [1.165, 1.54) is 0 Å². The minimum absolute atomic E-state index is 0.193. The monoisotopic (exact) mass is 372 g/mol. The van der Waals surface area contributed by atoms with Gasteiger partial charge in [-0.25, -0.2) is 4.79 Å². The van der Waals surface area contributed by atoms with Crippen LogP contribution in [-0.4, -0.2) is 32.9 Å². The van der Waals surface area contributed by atoms with Crippen LogP contribution in [0.2, 0.25) is 0 Å². The van der Waals surface area contributed by atoms with Gasteiger partial charge in [-0.15, -0.1) is 0 Å². The molecule has 0 radical (unpaired) electrons. The van der Waals surface area contributed by atoms with Gasteiger partial charge < -0.3 is 24.8 Å². The number of carbonyl (C=O) groups is 1. The van der Waals surface area contributed by atoms with E-state index in [-0.39, 0.29) is 6.03 Å². The average Bonchev–Trinajstić information content (AvgIpc) is 2.69. The highest BCUT2D eigenvalue weighted by atomic mass is 16.5. The molecule has 6 nitrogen and oxygen atoms in total. The molecule has 2 aromatic carbocycles. The second-order valence-electron chi connectivity index (χ2n) is 5.85. The Hall–Kier alpha value is -2.89. The highest BCUT2D eigenvalue weighted by Crippen LogP contribution is 2.28. The fourth-order valence-corrected chi connectivity index (χ4v) is 2.56. The molecule has 0 heterocycles. The van der Waals surface area contributed by atoms with Crippen LogP contribution in [0.15, 0.2) is 42.5 Å². The van der Waals surface area contributed by atoms with Gasteiger partial charge in [0, 0.05) is 13.1 Å². The Labute approximate surface area is 160 Å². The lowest BCUT2D eigenvalue weighted by molar-refractivity contribution is 0.240. The molecule has 0 atom stereocenters. The fourth-order valence-electron chi connectivity index (χ4n) is 2.56. The van der Waals surface area contributed by atoms with Gasteiger partial charge >= 0.3 is 6.03 Å². The molecule has 2 aromatic rings. The zero-order chi connectivity index (χ0) is 19.5. The van der Waals surface area contributed by atoms with Crippen molar-refractivity contribution in [1.29, 1.82) is 0 Å². The molecule has 2 rings (SSSR count). The Bertz CT molecular complexity index is 717. The topological polar surface area (TPSA) is 68.8 Å². The summed E-state index contributed by atoms with van der Waals surface area (Å²) in [6.07, 6.45) is 0.711. The molecule has 0 bridgehead atoms. The molecule has 27 heavy (non-hydrogen) atoms. The van der Waals surface area contributed by atoms with Crippen molar-refractivity contribution < 1.29 is 19.0 Å². The van der Waals surface area contributed by atoms with Crippen LogP contribution in [-0.2, 0) is 13.0 Å². The molecule has 146 valence electrons. The lowest BCUT2D eigenvalue weighted by atomic mass is 10.1. The Balaban J connectivity index is 1.77. The molecule has 0 aromatic heterocycles. The number of carbonyl (C=O) groups excluding carboxylic acids is 1. The molecular formula is C21H28N2O4. The molecule has 0 saturated carbocycles. The Morgan fingerprint density at radius 3 is 2.22 bits per heavy atom. The summed E-state index contributed by atoms with van der Waals surface area (Å²) in [6, 6.07) is 13.3. The number of rotatable bonds is 10. The Morgan fingerprint density at radius 1 is 0.889 bits per heavy atom. The molecule has 0 aliphatic carbocycles. The van der Waals surface area contributed by atoms with Crippen molar-refractivity contribution in [1.82, 2.24) is 10.6 Å². The summed E-state index contributed by atoms with van der Waals surface area (Å²) in [5.74, 6) is 2.28. The normalized spacial score (nSPS) is 10.2. The van der Waals surface area contributed by atoms with Crippen molar-refractivity contribution in [3.05, 3.63) is 53.6 Å². The average molecular weight is 372 g/mol. The summed E-state index contributed by atoms with van der Waals surface area (Å²) in [5, 5.41) is 5.71. The maximum atomic E-state index is 11.9. The van der Waals surface area contributed by atoms with Crippen LogP contribution in [0.1, 0.15) is 25.0 Å². The van der Waals surface area contributed by atoms with Crippen molar-refractivity contribution in [2.75, 3.05) is 26.9 Å². The third-order valence-electron chi connectivity index (χ3n) is 3.92. The number of nitrogens with one attached hydrogen (secondary N) is 2. The molecule has 0 fully saturated rings. The van der Waals surface area contributed by atoms with Gasteiger partial charge in [0.2, 0.25) is 0 Å². The highest BCUT2D eigenvalue weighted by Gasteiger charge is 2.07. The maximum absolute atomic E-state index is 11.9. The summed E-state index contributed by atoms with van der Waals surface area (Å²) in [7, 11) is 1.63. The van der Waals surface area contributed by atoms with E-state index in [2.05, 4.69) is 10.6 Å². The minimum Gasteiger partial charge on any atom is -0.497 e. The first-order valence-corrected chi connectivity index (χ1v) is 9.19. The predicted octanol–water partition coefficient (Wildman–Crippen LogP) is 3.53. The molecule has 0 saturated heterocycles. The second kappa shape index (κ2) is 11.0. The number of methoxy groups -OCH3 is 1. The second-order valence-corrected chi connectivity index (χ2v) is 5.85. The third kappa shape index (κ3) is 6.73. The molecule has 0 unspecified atom stereocenters. The zero-order valence-corrected chi connectivity index (χ0v) is 16.2. The Kier molecular flexibility index (Phi) is 8.29. The van der Waals surface area contributed by atoms with E-state index in [9.17, 15) is 4.79 Å². The Morgan fingerprint density at radius 2 is 1.56 bits per heavy atom. The quantitative estimate of drug-likeness (QED) is 0.669. The molecular weight excluding hydrogens is 344 g/mol. The van der Waals surface area contributed by atoms with Crippen LogP contribution >= 0.6 is 0 Å². The van der Waals surface area contributed by atoms with Crippen molar-refractivity contribution in [3.8, 4) is 17.2 Å². The molecule has 0 aliphatic rings. The molecule has 0 spiro atoms. The molecule has 2 N–H and O–H groups in total. The predicted molar refractivity (Wildman–Crippen MR) is 106 cm³/mol. The van der Waals surface area contributed by atoms with Crippen molar-refractivity contribution in [3.63, 3.8) is 0 Å². The number of hydrogen-bond donors (Lipinski definition) is 2. The van der Waals surface area contributed by atoms with Crippen LogP contribution in [0, 0.1) is 0 Å². The van der Waals surface area contributed by atoms with E-state index in [0.717, 1.165) is 28.4 Å². The first-order valence-electron chi connectivity index (χ1n) is 9.19. The van der Waals surface area contributed by atoms with Crippen LogP contribution in [0.3, 0.4) is 0 Å². The number of amides is 2. The first kappa shape index (κ1) is 20.4. The maximum Gasteiger partial charge on any atom is 0.315 e. The largest absolute Gasteiger partial charge is 0.497 e. The van der Waals surface area contributed by atoms with Crippen molar-refractivity contribution >= 4 is 6.03 Å². The van der Waals surface area contributed by atoms with E-state index in [0.29, 0.717) is 32.7 Å². The summed E-state index contributed by atoms with van der Waals surface area (Å²) < 4.78 is 16.3. The fraction of sp³-hybridized carbons (Fsp3) is 0.381. The van der Waals surface area contributed by atoms with Gasteiger partial charge in [-0.2, -0.15) is 0 Å². The summed E-state index contributed by atoms with van der Waals surface area (Å²) in [6.45, 7) is 6.06. The van der Waals surface area contributed by atoms with Gasteiger partial charge in [-0.3, -0.25) is 0 Å². The lowest BCUT2D eigenvalue weighted by Gasteiger charge is -2.13. The van der Waals surface area contributed by atoms with Crippen molar-refractivity contribution in [2.24, 2.45) is 0 Å². The smallest absolute Gasteiger partial charge is 0.315 e. The molecule has 2 amide bonds. The third-order valence-corrected chi connectivity index (χ3v) is 3.92. The standard InChI is InChI=1S/C21H28N2O4/c1-4-26-19-11-8-16(14-20(19)27-5-2)12-13-22-21(24)23-15-17-6-9-18(25-3)10-7-17/h6-11,14H,4-5,12-13,15H2,1-3H3,(H2,22,23,24). The lowest BCUT2D eigenvalue weighted by Crippen LogP contribution is -2.36. The van der Waals surface area contributed by atoms with Gasteiger partial charge in [0.1, 0.15) is 5.75 Å². The molecule has 6 heteroatoms. The van der Waals surface area contributed by atoms with E-state index in [4.69, 9.17) is 14.2 Å². The summed E-state index contributed by atoms with van der Waals surface area (Å²) in [5.41, 5.74) is 2.09. The van der Waals surface area contributed by atoms with E-state index in [1.807, 2.05) is 56.3 Å². The molecule has 0 aliphatic heterocycles. The minimum atomic E-state index is -0.193. The number of hydrogen-bond acceptors (Lipinski definition) is 4. The summed E-state index contributed by atoms with van der Waals surface area (Å²) in [4.78, 5) is 11.9. The van der Waals surface area contributed by atoms with Gasteiger partial charge in [0.15, 0.2) is 11.5 Å². The number of ether oxygens (including phenoxy) is 3. The SMILES string of the molecule is CCOc1ccc(CCNC(=O)NCc2ccc(OC)cc2)cc1OCC. The van der Waals surface area contributed by atoms with Crippen LogP contribution in [0.5, 0.6) is 17.2 Å². The van der Waals surface area contributed by atoms with Crippen LogP contribution in [0.4, 0.5) is 4.79 Å². The van der Waals surface area contributed by atoms with Gasteiger partial charge in [0.05, 0.1) is 20.3 Å². The zero-order valence-electron chi connectivity index (χ0n) is 16.2. The summed E-state index contributed by atoms with van der Waals surface area (Å²) >= 11 is 0. The van der Waals surface area contributed by atoms with Crippen LogP contribution < -0.4 is 24.8 Å². The van der Waals surface area contributed by atoms with E-state index < -0.39 is 0 Å². The number of urea groups is 1.